The zero-order valence-electron chi connectivity index (χ0n) is 17.9. The molecule has 1 amide bonds. The first kappa shape index (κ1) is 19.8. The zero-order chi connectivity index (χ0) is 21.0. The van der Waals surface area contributed by atoms with E-state index in [0.29, 0.717) is 6.42 Å². The van der Waals surface area contributed by atoms with Gasteiger partial charge in [0.2, 0.25) is 5.91 Å². The topological polar surface area (TPSA) is 45.2 Å². The number of likely N-dealkylation sites (tertiary alicyclic amines) is 1. The molecule has 4 heteroatoms. The van der Waals surface area contributed by atoms with Crippen LogP contribution in [0.5, 0.6) is 0 Å². The number of hydrogen-bond donors (Lipinski definition) is 1. The van der Waals surface area contributed by atoms with Crippen molar-refractivity contribution in [3.05, 3.63) is 101 Å². The standard InChI is InChI=1S/C27H29N3O/c31-25(19-20-10-15-28-16-11-20)30-17-12-22(13-18-30)26-24-7-3-1-2-5-21(24)8-9-23-6-4-14-29-27(23)26/h1-4,6-7,10-11,14-16,27,29H,5,8-9,12-13,17-19H2. The molecule has 1 atom stereocenters. The summed E-state index contributed by atoms with van der Waals surface area (Å²) in [6, 6.07) is 4.11. The molecule has 1 aromatic heterocycles. The molecule has 5 rings (SSSR count). The molecule has 0 aromatic carbocycles. The number of pyridine rings is 1. The number of carbonyl (C=O) groups is 1. The number of aromatic nitrogens is 1. The Kier molecular flexibility index (Phi) is 5.70. The minimum atomic E-state index is 0.217. The van der Waals surface area contributed by atoms with E-state index in [1.807, 2.05) is 17.0 Å². The maximum absolute atomic E-state index is 12.8. The zero-order valence-corrected chi connectivity index (χ0v) is 17.9. The fourth-order valence-electron chi connectivity index (χ4n) is 5.14. The predicted octanol–water partition coefficient (Wildman–Crippen LogP) is 4.56. The van der Waals surface area contributed by atoms with E-state index in [1.165, 1.54) is 22.3 Å². The van der Waals surface area contributed by atoms with Crippen LogP contribution in [0.15, 0.2) is 95.0 Å². The summed E-state index contributed by atoms with van der Waals surface area (Å²) in [7, 11) is 0. The van der Waals surface area contributed by atoms with Gasteiger partial charge in [-0.25, -0.2) is 0 Å². The van der Waals surface area contributed by atoms with Crippen LogP contribution in [-0.2, 0) is 11.2 Å². The van der Waals surface area contributed by atoms with Crippen LogP contribution in [0, 0.1) is 0 Å². The van der Waals surface area contributed by atoms with Crippen LogP contribution in [0.25, 0.3) is 0 Å². The third-order valence-corrected chi connectivity index (χ3v) is 6.80. The van der Waals surface area contributed by atoms with Crippen molar-refractivity contribution in [1.29, 1.82) is 0 Å². The van der Waals surface area contributed by atoms with Crippen LogP contribution < -0.4 is 5.32 Å². The Bertz CT molecular complexity index is 1030. The SMILES string of the molecule is O=C(Cc1ccncc1)N1CCC(=C2C3=C(CC=CC=C3)CCC3=CC=CNC32)CC1. The highest BCUT2D eigenvalue weighted by Crippen LogP contribution is 2.40. The van der Waals surface area contributed by atoms with Crippen molar-refractivity contribution in [1.82, 2.24) is 15.2 Å². The van der Waals surface area contributed by atoms with E-state index >= 15 is 0 Å². The number of dihydropyridines is 1. The second-order valence-electron chi connectivity index (χ2n) is 8.64. The predicted molar refractivity (Wildman–Crippen MR) is 124 cm³/mol. The number of amides is 1. The van der Waals surface area contributed by atoms with E-state index in [4.69, 9.17) is 0 Å². The van der Waals surface area contributed by atoms with Gasteiger partial charge in [-0.1, -0.05) is 41.5 Å². The van der Waals surface area contributed by atoms with Crippen molar-refractivity contribution < 1.29 is 4.79 Å². The number of carbonyl (C=O) groups excluding carboxylic acids is 1. The fourth-order valence-corrected chi connectivity index (χ4v) is 5.14. The van der Waals surface area contributed by atoms with E-state index < -0.39 is 0 Å². The normalized spacial score (nSPS) is 22.9. The molecule has 1 unspecified atom stereocenters. The maximum Gasteiger partial charge on any atom is 0.227 e. The third-order valence-electron chi connectivity index (χ3n) is 6.80. The maximum atomic E-state index is 12.8. The Morgan fingerprint density at radius 1 is 1.03 bits per heavy atom. The van der Waals surface area contributed by atoms with Gasteiger partial charge in [0.05, 0.1) is 12.5 Å². The molecule has 1 N–H and O–H groups in total. The molecule has 1 fully saturated rings. The molecule has 0 spiro atoms. The van der Waals surface area contributed by atoms with E-state index in [9.17, 15) is 4.79 Å². The lowest BCUT2D eigenvalue weighted by molar-refractivity contribution is -0.130. The summed E-state index contributed by atoms with van der Waals surface area (Å²) in [5, 5.41) is 3.65. The van der Waals surface area contributed by atoms with E-state index in [-0.39, 0.29) is 11.9 Å². The number of piperidine rings is 1. The van der Waals surface area contributed by atoms with Crippen molar-refractivity contribution in [2.24, 2.45) is 0 Å². The average Bonchev–Trinajstić information content (AvgIpc) is 3.13. The van der Waals surface area contributed by atoms with Crippen molar-refractivity contribution in [2.75, 3.05) is 13.1 Å². The lowest BCUT2D eigenvalue weighted by Gasteiger charge is -2.33. The van der Waals surface area contributed by atoms with Gasteiger partial charge >= 0.3 is 0 Å². The first-order valence-corrected chi connectivity index (χ1v) is 11.4. The molecule has 4 nitrogen and oxygen atoms in total. The van der Waals surface area contributed by atoms with Crippen LogP contribution in [0.3, 0.4) is 0 Å². The summed E-state index contributed by atoms with van der Waals surface area (Å²) in [6.45, 7) is 1.60. The number of fused-ring (bicyclic) bond motifs is 1. The Hall–Kier alpha value is -3.14. The minimum Gasteiger partial charge on any atom is -0.380 e. The lowest BCUT2D eigenvalue weighted by atomic mass is 9.84. The molecule has 2 aliphatic heterocycles. The molecule has 0 radical (unpaired) electrons. The largest absolute Gasteiger partial charge is 0.380 e. The number of allylic oxidation sites excluding steroid dienone is 7. The van der Waals surface area contributed by atoms with Crippen molar-refractivity contribution in [3.63, 3.8) is 0 Å². The lowest BCUT2D eigenvalue weighted by Crippen LogP contribution is -2.39. The second-order valence-corrected chi connectivity index (χ2v) is 8.64. The van der Waals surface area contributed by atoms with Gasteiger partial charge < -0.3 is 10.2 Å². The number of hydrogen-bond acceptors (Lipinski definition) is 3. The summed E-state index contributed by atoms with van der Waals surface area (Å²) in [5.74, 6) is 0.217. The van der Waals surface area contributed by atoms with Gasteiger partial charge in [0.25, 0.3) is 0 Å². The molecular formula is C27H29N3O. The van der Waals surface area contributed by atoms with Crippen LogP contribution in [0.4, 0.5) is 0 Å². The van der Waals surface area contributed by atoms with Crippen LogP contribution in [0.2, 0.25) is 0 Å². The first-order valence-electron chi connectivity index (χ1n) is 11.4. The summed E-state index contributed by atoms with van der Waals surface area (Å²) >= 11 is 0. The molecule has 0 saturated carbocycles. The molecular weight excluding hydrogens is 382 g/mol. The van der Waals surface area contributed by atoms with Gasteiger partial charge in [0, 0.05) is 25.5 Å². The number of rotatable bonds is 2. The monoisotopic (exact) mass is 411 g/mol. The molecule has 158 valence electrons. The van der Waals surface area contributed by atoms with Crippen molar-refractivity contribution in [3.8, 4) is 0 Å². The van der Waals surface area contributed by atoms with Gasteiger partial charge in [-0.05, 0) is 78.8 Å². The van der Waals surface area contributed by atoms with E-state index in [1.54, 1.807) is 18.0 Å². The Balaban J connectivity index is 1.40. The Morgan fingerprint density at radius 2 is 1.87 bits per heavy atom. The molecule has 31 heavy (non-hydrogen) atoms. The van der Waals surface area contributed by atoms with Gasteiger partial charge in [0.15, 0.2) is 0 Å². The third kappa shape index (κ3) is 4.20. The Morgan fingerprint density at radius 3 is 2.71 bits per heavy atom. The Labute approximate surface area is 184 Å². The average molecular weight is 412 g/mol. The first-order chi connectivity index (χ1) is 15.3. The summed E-state index contributed by atoms with van der Waals surface area (Å²) in [6.07, 6.45) is 24.6. The number of nitrogens with one attached hydrogen (secondary N) is 1. The van der Waals surface area contributed by atoms with Gasteiger partial charge in [0.1, 0.15) is 0 Å². The second kappa shape index (κ2) is 8.93. The van der Waals surface area contributed by atoms with Crippen LogP contribution in [0.1, 0.15) is 37.7 Å². The minimum absolute atomic E-state index is 0.217. The highest BCUT2D eigenvalue weighted by Gasteiger charge is 2.31. The summed E-state index contributed by atoms with van der Waals surface area (Å²) in [5.41, 5.74) is 8.45. The molecule has 1 saturated heterocycles. The molecule has 3 heterocycles. The molecule has 4 aliphatic rings. The van der Waals surface area contributed by atoms with Crippen LogP contribution >= 0.6 is 0 Å². The summed E-state index contributed by atoms with van der Waals surface area (Å²) < 4.78 is 0. The molecule has 2 aliphatic carbocycles. The number of nitrogens with zero attached hydrogens (tertiary/aromatic N) is 2. The van der Waals surface area contributed by atoms with Crippen molar-refractivity contribution >= 4 is 5.91 Å². The van der Waals surface area contributed by atoms with E-state index in [2.05, 4.69) is 53.0 Å². The summed E-state index contributed by atoms with van der Waals surface area (Å²) in [4.78, 5) is 18.9. The van der Waals surface area contributed by atoms with E-state index in [0.717, 1.165) is 50.8 Å². The highest BCUT2D eigenvalue weighted by molar-refractivity contribution is 5.79. The van der Waals surface area contributed by atoms with Crippen LogP contribution in [-0.4, -0.2) is 34.9 Å². The van der Waals surface area contributed by atoms with Gasteiger partial charge in [-0.2, -0.15) is 0 Å². The smallest absolute Gasteiger partial charge is 0.227 e. The van der Waals surface area contributed by atoms with Gasteiger partial charge in [-0.15, -0.1) is 0 Å². The highest BCUT2D eigenvalue weighted by atomic mass is 16.2. The van der Waals surface area contributed by atoms with Gasteiger partial charge in [-0.3, -0.25) is 9.78 Å². The van der Waals surface area contributed by atoms with Crippen molar-refractivity contribution in [2.45, 2.75) is 44.6 Å². The fraction of sp³-hybridized carbons (Fsp3) is 0.333. The quantitative estimate of drug-likeness (QED) is 0.776. The molecule has 1 aromatic rings. The molecule has 0 bridgehead atoms.